The van der Waals surface area contributed by atoms with E-state index in [4.69, 9.17) is 16.7 Å². The van der Waals surface area contributed by atoms with Gasteiger partial charge in [0.05, 0.1) is 27.6 Å². The maximum atomic E-state index is 12.6. The number of carbonyl (C=O) groups is 2. The number of aromatic carboxylic acids is 1. The van der Waals surface area contributed by atoms with Gasteiger partial charge in [0.15, 0.2) is 0 Å². The second-order valence-electron chi connectivity index (χ2n) is 4.85. The molecule has 0 unspecified atom stereocenters. The molecule has 1 aliphatic rings. The molecule has 1 aromatic carbocycles. The second-order valence-corrected chi connectivity index (χ2v) is 6.23. The Balaban J connectivity index is 1.98. The van der Waals surface area contributed by atoms with E-state index in [1.54, 1.807) is 19.1 Å². The molecule has 2 heterocycles. The average Bonchev–Trinajstić information content (AvgIpc) is 3.11. The third-order valence-electron chi connectivity index (χ3n) is 3.32. The zero-order valence-electron chi connectivity index (χ0n) is 12.0. The van der Waals surface area contributed by atoms with Gasteiger partial charge in [-0.25, -0.2) is 4.79 Å². The summed E-state index contributed by atoms with van der Waals surface area (Å²) in [6, 6.07) is 8.16. The van der Waals surface area contributed by atoms with Gasteiger partial charge in [0.1, 0.15) is 0 Å². The van der Waals surface area contributed by atoms with E-state index in [0.717, 1.165) is 4.88 Å². The van der Waals surface area contributed by atoms with Gasteiger partial charge in [0.2, 0.25) is 0 Å². The molecule has 0 bridgehead atoms. The molecule has 0 atom stereocenters. The normalized spacial score (nSPS) is 16.1. The maximum Gasteiger partial charge on any atom is 0.337 e. The Morgan fingerprint density at radius 3 is 2.83 bits per heavy atom. The first-order valence-electron chi connectivity index (χ1n) is 6.65. The van der Waals surface area contributed by atoms with Crippen LogP contribution in [0.15, 0.2) is 46.4 Å². The van der Waals surface area contributed by atoms with Crippen molar-refractivity contribution in [3.8, 4) is 0 Å². The van der Waals surface area contributed by atoms with Gasteiger partial charge in [-0.1, -0.05) is 17.7 Å². The molecule has 1 aromatic heterocycles. The summed E-state index contributed by atoms with van der Waals surface area (Å²) in [5, 5.41) is 16.6. The molecule has 2 aromatic rings. The molecule has 1 aliphatic heterocycles. The topological polar surface area (TPSA) is 70.0 Å². The third-order valence-corrected chi connectivity index (χ3v) is 4.47. The van der Waals surface area contributed by atoms with E-state index in [2.05, 4.69) is 5.10 Å². The monoisotopic (exact) mass is 346 g/mol. The Morgan fingerprint density at radius 2 is 2.17 bits per heavy atom. The summed E-state index contributed by atoms with van der Waals surface area (Å²) in [6.45, 7) is 1.74. The highest BCUT2D eigenvalue weighted by Crippen LogP contribution is 2.29. The van der Waals surface area contributed by atoms with Gasteiger partial charge < -0.3 is 5.11 Å². The fraction of sp³-hybridized carbons (Fsp3) is 0.0625. The predicted molar refractivity (Wildman–Crippen MR) is 91.3 cm³/mol. The van der Waals surface area contributed by atoms with Gasteiger partial charge in [-0.05, 0) is 42.6 Å². The molecule has 1 amide bonds. The number of benzene rings is 1. The standard InChI is InChI=1S/C16H11ClN2O3S/c1-9-12(8-11-3-2-6-23-11)15(20)19(18-9)10-4-5-14(17)13(7-10)16(21)22/h2-8H,1H3,(H,21,22)/b12-8+. The zero-order valence-corrected chi connectivity index (χ0v) is 13.6. The molecule has 5 nitrogen and oxygen atoms in total. The number of hydrogen-bond donors (Lipinski definition) is 1. The fourth-order valence-electron chi connectivity index (χ4n) is 2.18. The lowest BCUT2D eigenvalue weighted by Crippen LogP contribution is -2.21. The van der Waals surface area contributed by atoms with Crippen LogP contribution in [-0.2, 0) is 4.79 Å². The molecule has 0 spiro atoms. The van der Waals surface area contributed by atoms with Crippen molar-refractivity contribution in [2.45, 2.75) is 6.92 Å². The Morgan fingerprint density at radius 1 is 1.39 bits per heavy atom. The Labute approximate surface area is 141 Å². The number of carboxylic acids is 1. The van der Waals surface area contributed by atoms with Crippen LogP contribution in [0.25, 0.3) is 6.08 Å². The van der Waals surface area contributed by atoms with Crippen LogP contribution in [0.5, 0.6) is 0 Å². The number of carbonyl (C=O) groups excluding carboxylic acids is 1. The van der Waals surface area contributed by atoms with Gasteiger partial charge in [0, 0.05) is 4.88 Å². The number of nitrogens with zero attached hydrogens (tertiary/aromatic N) is 2. The van der Waals surface area contributed by atoms with E-state index >= 15 is 0 Å². The number of halogens is 1. The van der Waals surface area contributed by atoms with Crippen LogP contribution in [0.4, 0.5) is 5.69 Å². The van der Waals surface area contributed by atoms with E-state index < -0.39 is 5.97 Å². The van der Waals surface area contributed by atoms with Crippen molar-refractivity contribution in [2.24, 2.45) is 5.10 Å². The second kappa shape index (κ2) is 5.98. The Bertz CT molecular complexity index is 856. The van der Waals surface area contributed by atoms with Crippen LogP contribution in [0.3, 0.4) is 0 Å². The number of carboxylic acid groups (broad SMARTS) is 1. The summed E-state index contributed by atoms with van der Waals surface area (Å²) in [5.41, 5.74) is 1.36. The van der Waals surface area contributed by atoms with E-state index in [1.807, 2.05) is 17.5 Å². The molecule has 3 rings (SSSR count). The number of hydrogen-bond acceptors (Lipinski definition) is 4. The molecule has 23 heavy (non-hydrogen) atoms. The number of rotatable bonds is 3. The third kappa shape index (κ3) is 2.91. The van der Waals surface area contributed by atoms with Crippen LogP contribution in [0, 0.1) is 0 Å². The minimum atomic E-state index is -1.15. The summed E-state index contributed by atoms with van der Waals surface area (Å²) in [6.07, 6.45) is 1.78. The van der Waals surface area contributed by atoms with E-state index in [1.165, 1.54) is 28.5 Å². The van der Waals surface area contributed by atoms with E-state index in [-0.39, 0.29) is 16.5 Å². The largest absolute Gasteiger partial charge is 0.478 e. The average molecular weight is 347 g/mol. The summed E-state index contributed by atoms with van der Waals surface area (Å²) >= 11 is 7.38. The summed E-state index contributed by atoms with van der Waals surface area (Å²) in [4.78, 5) is 24.7. The van der Waals surface area contributed by atoms with Crippen molar-refractivity contribution in [2.75, 3.05) is 5.01 Å². The van der Waals surface area contributed by atoms with Crippen LogP contribution in [0.2, 0.25) is 5.02 Å². The number of amides is 1. The molecular weight excluding hydrogens is 336 g/mol. The molecule has 0 radical (unpaired) electrons. The zero-order chi connectivity index (χ0) is 16.6. The van der Waals surface area contributed by atoms with Crippen LogP contribution >= 0.6 is 22.9 Å². The van der Waals surface area contributed by atoms with Crippen molar-refractivity contribution in [1.82, 2.24) is 0 Å². The highest BCUT2D eigenvalue weighted by atomic mass is 35.5. The van der Waals surface area contributed by atoms with E-state index in [9.17, 15) is 9.59 Å². The van der Waals surface area contributed by atoms with Crippen molar-refractivity contribution in [3.05, 3.63) is 56.7 Å². The fourth-order valence-corrected chi connectivity index (χ4v) is 3.04. The van der Waals surface area contributed by atoms with Gasteiger partial charge in [-0.15, -0.1) is 11.3 Å². The molecule has 0 aliphatic carbocycles. The van der Waals surface area contributed by atoms with Crippen molar-refractivity contribution >= 4 is 52.3 Å². The smallest absolute Gasteiger partial charge is 0.337 e. The quantitative estimate of drug-likeness (QED) is 0.857. The first kappa shape index (κ1) is 15.5. The highest BCUT2D eigenvalue weighted by molar-refractivity contribution is 7.10. The van der Waals surface area contributed by atoms with Crippen LogP contribution in [-0.4, -0.2) is 22.7 Å². The van der Waals surface area contributed by atoms with Crippen LogP contribution < -0.4 is 5.01 Å². The summed E-state index contributed by atoms with van der Waals surface area (Å²) in [7, 11) is 0. The highest BCUT2D eigenvalue weighted by Gasteiger charge is 2.29. The molecule has 116 valence electrons. The predicted octanol–water partition coefficient (Wildman–Crippen LogP) is 3.91. The first-order chi connectivity index (χ1) is 11.0. The minimum absolute atomic E-state index is 0.0690. The van der Waals surface area contributed by atoms with E-state index in [0.29, 0.717) is 17.0 Å². The van der Waals surface area contributed by atoms with Gasteiger partial charge >= 0.3 is 5.97 Å². The number of thiophene rings is 1. The molecule has 0 saturated heterocycles. The summed E-state index contributed by atoms with van der Waals surface area (Å²) in [5.74, 6) is -1.45. The number of anilines is 1. The van der Waals surface area contributed by atoms with Gasteiger partial charge in [-0.3, -0.25) is 4.79 Å². The van der Waals surface area contributed by atoms with Gasteiger partial charge in [-0.2, -0.15) is 10.1 Å². The maximum absolute atomic E-state index is 12.6. The van der Waals surface area contributed by atoms with Gasteiger partial charge in [0.25, 0.3) is 5.91 Å². The van der Waals surface area contributed by atoms with Crippen molar-refractivity contribution in [3.63, 3.8) is 0 Å². The van der Waals surface area contributed by atoms with Crippen LogP contribution in [0.1, 0.15) is 22.2 Å². The SMILES string of the molecule is CC1=NN(c2ccc(Cl)c(C(=O)O)c2)C(=O)/C1=C/c1cccs1. The molecule has 7 heteroatoms. The Hall–Kier alpha value is -2.44. The lowest BCUT2D eigenvalue weighted by molar-refractivity contribution is -0.114. The lowest BCUT2D eigenvalue weighted by Gasteiger charge is -2.12. The molecule has 0 saturated carbocycles. The van der Waals surface area contributed by atoms with Crippen molar-refractivity contribution < 1.29 is 14.7 Å². The molecule has 1 N–H and O–H groups in total. The number of hydrazone groups is 1. The first-order valence-corrected chi connectivity index (χ1v) is 7.91. The summed E-state index contributed by atoms with van der Waals surface area (Å²) < 4.78 is 0. The molecule has 0 fully saturated rings. The lowest BCUT2D eigenvalue weighted by atomic mass is 10.1. The minimum Gasteiger partial charge on any atom is -0.478 e. The van der Waals surface area contributed by atoms with Crippen molar-refractivity contribution in [1.29, 1.82) is 0 Å². The molecular formula is C16H11ClN2O3S. The Kier molecular flexibility index (Phi) is 4.02.